The fourth-order valence-electron chi connectivity index (χ4n) is 3.56. The van der Waals surface area contributed by atoms with Crippen molar-refractivity contribution in [1.29, 1.82) is 0 Å². The summed E-state index contributed by atoms with van der Waals surface area (Å²) < 4.78 is 5.27. The lowest BCUT2D eigenvalue weighted by Crippen LogP contribution is -2.47. The summed E-state index contributed by atoms with van der Waals surface area (Å²) in [6, 6.07) is 6.33. The zero-order valence-electron chi connectivity index (χ0n) is 10.4. The van der Waals surface area contributed by atoms with Gasteiger partial charge in [0.1, 0.15) is 11.5 Å². The van der Waals surface area contributed by atoms with Gasteiger partial charge < -0.3 is 4.74 Å². The van der Waals surface area contributed by atoms with Crippen LogP contribution in [0, 0.1) is 11.8 Å². The van der Waals surface area contributed by atoms with E-state index in [1.165, 1.54) is 11.1 Å². The summed E-state index contributed by atoms with van der Waals surface area (Å²) in [7, 11) is 1.70. The quantitative estimate of drug-likeness (QED) is 0.780. The van der Waals surface area contributed by atoms with Crippen molar-refractivity contribution in [2.45, 2.75) is 32.1 Å². The van der Waals surface area contributed by atoms with Crippen molar-refractivity contribution in [1.82, 2.24) is 0 Å². The molecule has 90 valence electrons. The van der Waals surface area contributed by atoms with Gasteiger partial charge in [0.15, 0.2) is 0 Å². The van der Waals surface area contributed by atoms with E-state index in [9.17, 15) is 4.79 Å². The van der Waals surface area contributed by atoms with Gasteiger partial charge in [-0.05, 0) is 42.5 Å². The van der Waals surface area contributed by atoms with E-state index < -0.39 is 0 Å². The minimum absolute atomic E-state index is 0.271. The normalized spacial score (nSPS) is 30.2. The number of hydrogen-bond donors (Lipinski definition) is 0. The Hall–Kier alpha value is -1.31. The lowest BCUT2D eigenvalue weighted by Gasteiger charge is -2.47. The molecule has 2 aliphatic carbocycles. The van der Waals surface area contributed by atoms with Crippen LogP contribution in [0.5, 0.6) is 5.75 Å². The fraction of sp³-hybridized carbons (Fsp3) is 0.533. The van der Waals surface area contributed by atoms with Crippen LogP contribution in [0.25, 0.3) is 0 Å². The van der Waals surface area contributed by atoms with Crippen LogP contribution < -0.4 is 4.74 Å². The first-order valence-corrected chi connectivity index (χ1v) is 6.46. The van der Waals surface area contributed by atoms with Gasteiger partial charge in [-0.1, -0.05) is 13.0 Å². The Balaban J connectivity index is 1.99. The van der Waals surface area contributed by atoms with Crippen LogP contribution in [0.15, 0.2) is 18.2 Å². The molecule has 0 bridgehead atoms. The predicted octanol–water partition coefficient (Wildman–Crippen LogP) is 2.95. The summed E-state index contributed by atoms with van der Waals surface area (Å²) >= 11 is 0. The predicted molar refractivity (Wildman–Crippen MR) is 66.3 cm³/mol. The van der Waals surface area contributed by atoms with Gasteiger partial charge >= 0.3 is 0 Å². The van der Waals surface area contributed by atoms with Crippen LogP contribution in [0.3, 0.4) is 0 Å². The number of fused-ring (bicyclic) bond motifs is 3. The molecule has 1 fully saturated rings. The summed E-state index contributed by atoms with van der Waals surface area (Å²) in [5, 5.41) is 0. The van der Waals surface area contributed by atoms with Gasteiger partial charge in [0.2, 0.25) is 0 Å². The van der Waals surface area contributed by atoms with Crippen LogP contribution in [0.4, 0.5) is 0 Å². The third kappa shape index (κ3) is 1.43. The molecule has 0 radical (unpaired) electrons. The van der Waals surface area contributed by atoms with E-state index >= 15 is 0 Å². The number of rotatable bonds is 2. The fourth-order valence-corrected chi connectivity index (χ4v) is 3.56. The number of ether oxygens (including phenoxy) is 1. The summed E-state index contributed by atoms with van der Waals surface area (Å²) in [6.45, 7) is 2.12. The number of hydrogen-bond acceptors (Lipinski definition) is 2. The molecule has 0 heterocycles. The van der Waals surface area contributed by atoms with E-state index in [0.717, 1.165) is 25.0 Å². The van der Waals surface area contributed by atoms with Crippen molar-refractivity contribution in [3.05, 3.63) is 29.3 Å². The highest BCUT2D eigenvalue weighted by Gasteiger charge is 2.50. The van der Waals surface area contributed by atoms with Crippen molar-refractivity contribution >= 4 is 5.78 Å². The first kappa shape index (κ1) is 10.8. The molecule has 1 aromatic carbocycles. The average molecular weight is 230 g/mol. The van der Waals surface area contributed by atoms with Crippen LogP contribution in [0.2, 0.25) is 0 Å². The highest BCUT2D eigenvalue weighted by Crippen LogP contribution is 2.52. The minimum atomic E-state index is 0.271. The number of carbonyl (C=O) groups excluding carboxylic acids is 1. The minimum Gasteiger partial charge on any atom is -0.497 e. The molecule has 0 N–H and O–H groups in total. The molecular weight excluding hydrogens is 212 g/mol. The highest BCUT2D eigenvalue weighted by atomic mass is 16.5. The van der Waals surface area contributed by atoms with Crippen molar-refractivity contribution in [2.24, 2.45) is 11.8 Å². The second-order valence-electron chi connectivity index (χ2n) is 5.15. The summed E-state index contributed by atoms with van der Waals surface area (Å²) in [6.07, 6.45) is 3.03. The van der Waals surface area contributed by atoms with Crippen LogP contribution >= 0.6 is 0 Å². The van der Waals surface area contributed by atoms with E-state index in [4.69, 9.17) is 4.74 Å². The van der Waals surface area contributed by atoms with E-state index in [0.29, 0.717) is 17.6 Å². The number of ketones is 1. The van der Waals surface area contributed by atoms with Crippen LogP contribution in [-0.2, 0) is 11.2 Å². The third-order valence-corrected chi connectivity index (χ3v) is 4.47. The Labute approximate surface area is 102 Å². The highest BCUT2D eigenvalue weighted by molar-refractivity contribution is 5.92. The Morgan fingerprint density at radius 2 is 2.24 bits per heavy atom. The second kappa shape index (κ2) is 3.86. The zero-order chi connectivity index (χ0) is 12.0. The molecule has 0 aliphatic heterocycles. The molecule has 17 heavy (non-hydrogen) atoms. The molecule has 3 atom stereocenters. The Morgan fingerprint density at radius 1 is 1.41 bits per heavy atom. The number of methoxy groups -OCH3 is 1. The maximum Gasteiger partial charge on any atom is 0.140 e. The first-order valence-electron chi connectivity index (χ1n) is 6.46. The second-order valence-corrected chi connectivity index (χ2v) is 5.15. The maximum atomic E-state index is 11.9. The van der Waals surface area contributed by atoms with Crippen molar-refractivity contribution < 1.29 is 9.53 Å². The molecule has 0 saturated heterocycles. The van der Waals surface area contributed by atoms with Gasteiger partial charge in [-0.2, -0.15) is 0 Å². The van der Waals surface area contributed by atoms with E-state index in [1.54, 1.807) is 7.11 Å². The van der Waals surface area contributed by atoms with Gasteiger partial charge in [0.25, 0.3) is 0 Å². The van der Waals surface area contributed by atoms with Gasteiger partial charge in [0.05, 0.1) is 7.11 Å². The van der Waals surface area contributed by atoms with E-state index in [1.807, 2.05) is 6.07 Å². The average Bonchev–Trinajstić information content (AvgIpc) is 2.37. The smallest absolute Gasteiger partial charge is 0.140 e. The van der Waals surface area contributed by atoms with E-state index in [2.05, 4.69) is 19.1 Å². The summed E-state index contributed by atoms with van der Waals surface area (Å²) in [5.74, 6) is 2.50. The van der Waals surface area contributed by atoms with Gasteiger partial charge in [0, 0.05) is 17.8 Å². The Morgan fingerprint density at radius 3 is 2.94 bits per heavy atom. The molecule has 2 aliphatic rings. The third-order valence-electron chi connectivity index (χ3n) is 4.47. The van der Waals surface area contributed by atoms with Gasteiger partial charge in [-0.25, -0.2) is 0 Å². The molecule has 1 saturated carbocycles. The van der Waals surface area contributed by atoms with Crippen molar-refractivity contribution in [3.63, 3.8) is 0 Å². The molecule has 2 heteroatoms. The first-order chi connectivity index (χ1) is 8.26. The Kier molecular flexibility index (Phi) is 2.46. The molecular formula is C15H18O2. The van der Waals surface area contributed by atoms with Gasteiger partial charge in [-0.15, -0.1) is 0 Å². The summed E-state index contributed by atoms with van der Waals surface area (Å²) in [5.41, 5.74) is 2.78. The number of Topliss-reactive ketones (excluding diaryl/α,β-unsaturated/α-hetero) is 1. The molecule has 0 aromatic heterocycles. The molecule has 0 spiro atoms. The molecule has 0 amide bonds. The van der Waals surface area contributed by atoms with Gasteiger partial charge in [-0.3, -0.25) is 4.79 Å². The summed E-state index contributed by atoms with van der Waals surface area (Å²) in [4.78, 5) is 11.9. The molecule has 3 rings (SSSR count). The largest absolute Gasteiger partial charge is 0.497 e. The number of aryl methyl sites for hydroxylation is 1. The topological polar surface area (TPSA) is 26.3 Å². The molecule has 2 nitrogen and oxygen atoms in total. The maximum absolute atomic E-state index is 11.9. The van der Waals surface area contributed by atoms with Crippen molar-refractivity contribution in [2.75, 3.05) is 7.11 Å². The SMILES string of the molecule is CCC1C(=O)C2CCc3cc(OC)ccc3C12. The monoisotopic (exact) mass is 230 g/mol. The van der Waals surface area contributed by atoms with E-state index in [-0.39, 0.29) is 5.92 Å². The number of carbonyl (C=O) groups is 1. The number of benzene rings is 1. The van der Waals surface area contributed by atoms with Crippen molar-refractivity contribution in [3.8, 4) is 5.75 Å². The standard InChI is InChI=1S/C15H18O2/c1-3-11-14-12-7-5-10(17-2)8-9(12)4-6-13(14)15(11)16/h5,7-8,11,13-14H,3-4,6H2,1-2H3. The molecule has 1 aromatic rings. The molecule has 3 unspecified atom stereocenters. The van der Waals surface area contributed by atoms with Crippen LogP contribution in [-0.4, -0.2) is 12.9 Å². The lowest BCUT2D eigenvalue weighted by atomic mass is 9.55. The van der Waals surface area contributed by atoms with Crippen LogP contribution in [0.1, 0.15) is 36.8 Å². The zero-order valence-corrected chi connectivity index (χ0v) is 10.4. The Bertz CT molecular complexity index is 464. The lowest BCUT2D eigenvalue weighted by molar-refractivity contribution is -0.139.